The van der Waals surface area contributed by atoms with Gasteiger partial charge in [-0.3, -0.25) is 14.7 Å². The number of para-hydroxylation sites is 1. The average Bonchev–Trinajstić information content (AvgIpc) is 2.79. The van der Waals surface area contributed by atoms with Crippen molar-refractivity contribution in [2.75, 3.05) is 39.8 Å². The highest BCUT2D eigenvalue weighted by atomic mass is 32.2. The summed E-state index contributed by atoms with van der Waals surface area (Å²) in [5.41, 5.74) is 0.810. The van der Waals surface area contributed by atoms with Crippen LogP contribution >= 0.6 is 0 Å². The number of rotatable bonds is 4. The minimum absolute atomic E-state index is 0.114. The van der Waals surface area contributed by atoms with Crippen LogP contribution in [0.3, 0.4) is 0 Å². The minimum atomic E-state index is -3.86. The third-order valence-corrected chi connectivity index (χ3v) is 7.99. The Labute approximate surface area is 183 Å². The second kappa shape index (κ2) is 8.94. The summed E-state index contributed by atoms with van der Waals surface area (Å²) in [4.78, 5) is 18.8. The Morgan fingerprint density at radius 1 is 1.19 bits per heavy atom. The fourth-order valence-electron chi connectivity index (χ4n) is 4.28. The van der Waals surface area contributed by atoms with Gasteiger partial charge in [0.2, 0.25) is 15.9 Å². The molecule has 1 saturated heterocycles. The quantitative estimate of drug-likeness (QED) is 0.768. The van der Waals surface area contributed by atoms with Gasteiger partial charge in [-0.25, -0.2) is 8.42 Å². The number of aromatic nitrogens is 1. The van der Waals surface area contributed by atoms with Crippen LogP contribution in [0.25, 0.3) is 0 Å². The molecule has 1 spiro atoms. The maximum absolute atomic E-state index is 13.4. The van der Waals surface area contributed by atoms with E-state index in [1.54, 1.807) is 24.4 Å². The molecular weight excluding hydrogens is 416 g/mol. The smallest absolute Gasteiger partial charge is 0.247 e. The van der Waals surface area contributed by atoms with Gasteiger partial charge in [0.25, 0.3) is 0 Å². The molecule has 1 aromatic heterocycles. The summed E-state index contributed by atoms with van der Waals surface area (Å²) in [7, 11) is -2.34. The van der Waals surface area contributed by atoms with E-state index in [1.165, 1.54) is 17.4 Å². The molecule has 0 bridgehead atoms. The summed E-state index contributed by atoms with van der Waals surface area (Å²) in [5, 5.41) is 2.55. The van der Waals surface area contributed by atoms with E-state index in [4.69, 9.17) is 4.74 Å². The normalized spacial score (nSPS) is 20.8. The number of carbonyl (C=O) groups is 1. The lowest BCUT2D eigenvalue weighted by atomic mass is 9.78. The standard InChI is InChI=1S/C22H28N4O4S/c1-23-21(27)15-26-16-22(17-30-19-6-2-3-7-20(19)31(26,28)29)8-11-25(12-9-22)14-18-5-4-10-24-13-18/h2-7,10,13H,8-9,11-12,14-17H2,1H3,(H,23,27). The van der Waals surface area contributed by atoms with Crippen molar-refractivity contribution < 1.29 is 17.9 Å². The van der Waals surface area contributed by atoms with Gasteiger partial charge in [0.1, 0.15) is 10.6 Å². The van der Waals surface area contributed by atoms with Crippen LogP contribution in [0.15, 0.2) is 53.7 Å². The Balaban J connectivity index is 1.57. The van der Waals surface area contributed by atoms with E-state index in [1.807, 2.05) is 12.3 Å². The molecule has 31 heavy (non-hydrogen) atoms. The van der Waals surface area contributed by atoms with Crippen LogP contribution in [-0.2, 0) is 21.4 Å². The molecule has 9 heteroatoms. The van der Waals surface area contributed by atoms with Gasteiger partial charge in [0, 0.05) is 37.9 Å². The van der Waals surface area contributed by atoms with Gasteiger partial charge < -0.3 is 10.1 Å². The molecule has 4 rings (SSSR count). The molecule has 2 aromatic rings. The van der Waals surface area contributed by atoms with E-state index in [0.29, 0.717) is 12.4 Å². The van der Waals surface area contributed by atoms with Crippen LogP contribution in [0.2, 0.25) is 0 Å². The minimum Gasteiger partial charge on any atom is -0.492 e. The van der Waals surface area contributed by atoms with Crippen molar-refractivity contribution in [2.45, 2.75) is 24.3 Å². The van der Waals surface area contributed by atoms with Gasteiger partial charge in [0.05, 0.1) is 13.2 Å². The zero-order chi connectivity index (χ0) is 21.9. The number of likely N-dealkylation sites (N-methyl/N-ethyl adjacent to an activating group) is 1. The monoisotopic (exact) mass is 444 g/mol. The van der Waals surface area contributed by atoms with Gasteiger partial charge in [-0.1, -0.05) is 18.2 Å². The van der Waals surface area contributed by atoms with Gasteiger partial charge in [0.15, 0.2) is 0 Å². The predicted molar refractivity (Wildman–Crippen MR) is 116 cm³/mol. The molecule has 0 aliphatic carbocycles. The number of likely N-dealkylation sites (tertiary alicyclic amines) is 1. The number of amides is 1. The predicted octanol–water partition coefficient (Wildman–Crippen LogP) is 1.49. The molecule has 0 saturated carbocycles. The number of carbonyl (C=O) groups excluding carboxylic acids is 1. The van der Waals surface area contributed by atoms with Crippen molar-refractivity contribution in [1.29, 1.82) is 0 Å². The molecule has 1 fully saturated rings. The lowest BCUT2D eigenvalue weighted by Gasteiger charge is -2.44. The maximum Gasteiger partial charge on any atom is 0.247 e. The number of nitrogens with one attached hydrogen (secondary N) is 1. The molecule has 1 aromatic carbocycles. The van der Waals surface area contributed by atoms with Gasteiger partial charge in [-0.15, -0.1) is 0 Å². The Kier molecular flexibility index (Phi) is 6.27. The largest absolute Gasteiger partial charge is 0.492 e. The van der Waals surface area contributed by atoms with Crippen molar-refractivity contribution in [1.82, 2.24) is 19.5 Å². The molecule has 8 nitrogen and oxygen atoms in total. The number of pyridine rings is 1. The zero-order valence-corrected chi connectivity index (χ0v) is 18.5. The first-order chi connectivity index (χ1) is 14.9. The highest BCUT2D eigenvalue weighted by Gasteiger charge is 2.43. The van der Waals surface area contributed by atoms with E-state index < -0.39 is 10.0 Å². The Morgan fingerprint density at radius 3 is 2.68 bits per heavy atom. The molecule has 0 atom stereocenters. The summed E-state index contributed by atoms with van der Waals surface area (Å²) < 4.78 is 34.2. The Bertz CT molecular complexity index is 1020. The molecule has 2 aliphatic heterocycles. The molecule has 166 valence electrons. The zero-order valence-electron chi connectivity index (χ0n) is 17.7. The van der Waals surface area contributed by atoms with E-state index in [9.17, 15) is 13.2 Å². The third-order valence-electron chi connectivity index (χ3n) is 6.16. The lowest BCUT2D eigenvalue weighted by molar-refractivity contribution is -0.121. The second-order valence-electron chi connectivity index (χ2n) is 8.32. The van der Waals surface area contributed by atoms with Crippen LogP contribution in [0, 0.1) is 5.41 Å². The van der Waals surface area contributed by atoms with Crippen molar-refractivity contribution in [3.8, 4) is 5.75 Å². The first kappa shape index (κ1) is 21.7. The number of hydrogen-bond acceptors (Lipinski definition) is 6. The van der Waals surface area contributed by atoms with Gasteiger partial charge in [-0.05, 0) is 49.7 Å². The fourth-order valence-corrected chi connectivity index (χ4v) is 5.92. The molecule has 3 heterocycles. The van der Waals surface area contributed by atoms with Crippen LogP contribution in [-0.4, -0.2) is 68.3 Å². The molecule has 1 N–H and O–H groups in total. The highest BCUT2D eigenvalue weighted by Crippen LogP contribution is 2.39. The van der Waals surface area contributed by atoms with Gasteiger partial charge in [-0.2, -0.15) is 4.31 Å². The van der Waals surface area contributed by atoms with Crippen molar-refractivity contribution in [3.63, 3.8) is 0 Å². The summed E-state index contributed by atoms with van der Waals surface area (Å²) in [6.07, 6.45) is 5.21. The maximum atomic E-state index is 13.4. The highest BCUT2D eigenvalue weighted by molar-refractivity contribution is 7.89. The number of nitrogens with zero attached hydrogens (tertiary/aromatic N) is 3. The van der Waals surface area contributed by atoms with Crippen LogP contribution in [0.1, 0.15) is 18.4 Å². The third kappa shape index (κ3) is 4.73. The first-order valence-electron chi connectivity index (χ1n) is 10.5. The molecular formula is C22H28N4O4S. The van der Waals surface area contributed by atoms with Crippen LogP contribution in [0.4, 0.5) is 0 Å². The molecule has 2 aliphatic rings. The average molecular weight is 445 g/mol. The topological polar surface area (TPSA) is 91.8 Å². The van der Waals surface area contributed by atoms with E-state index in [-0.39, 0.29) is 29.3 Å². The summed E-state index contributed by atoms with van der Waals surface area (Å²) >= 11 is 0. The van der Waals surface area contributed by atoms with Crippen LogP contribution in [0.5, 0.6) is 5.75 Å². The van der Waals surface area contributed by atoms with Crippen molar-refractivity contribution in [3.05, 3.63) is 54.4 Å². The fraction of sp³-hybridized carbons (Fsp3) is 0.455. The Morgan fingerprint density at radius 2 is 1.97 bits per heavy atom. The lowest BCUT2D eigenvalue weighted by Crippen LogP contribution is -2.53. The number of fused-ring (bicyclic) bond motifs is 1. The SMILES string of the molecule is CNC(=O)CN1CC2(CCN(Cc3cccnc3)CC2)COc2ccccc2S1(=O)=O. The molecule has 1 amide bonds. The summed E-state index contributed by atoms with van der Waals surface area (Å²) in [5.74, 6) is 0.0213. The molecule has 0 unspecified atom stereocenters. The van der Waals surface area contributed by atoms with Crippen molar-refractivity contribution in [2.24, 2.45) is 5.41 Å². The van der Waals surface area contributed by atoms with Gasteiger partial charge >= 0.3 is 0 Å². The summed E-state index contributed by atoms with van der Waals surface area (Å²) in [6.45, 7) is 2.95. The Hall–Kier alpha value is -2.49. The molecule has 0 radical (unpaired) electrons. The second-order valence-corrected chi connectivity index (χ2v) is 10.2. The number of sulfonamides is 1. The first-order valence-corrected chi connectivity index (χ1v) is 11.9. The van der Waals surface area contributed by atoms with E-state index in [2.05, 4.69) is 21.3 Å². The van der Waals surface area contributed by atoms with E-state index in [0.717, 1.165) is 38.0 Å². The van der Waals surface area contributed by atoms with Crippen LogP contribution < -0.4 is 10.1 Å². The number of hydrogen-bond donors (Lipinski definition) is 1. The van der Waals surface area contributed by atoms with E-state index >= 15 is 0 Å². The van der Waals surface area contributed by atoms with Crippen molar-refractivity contribution >= 4 is 15.9 Å². The number of ether oxygens (including phenoxy) is 1. The summed E-state index contributed by atoms with van der Waals surface area (Å²) in [6, 6.07) is 10.7. The number of piperidine rings is 1. The number of benzene rings is 1.